The van der Waals surface area contributed by atoms with Gasteiger partial charge in [0.05, 0.1) is 6.54 Å². The molecule has 0 saturated carbocycles. The highest BCUT2D eigenvalue weighted by Crippen LogP contribution is 2.24. The van der Waals surface area contributed by atoms with Gasteiger partial charge in [-0.15, -0.1) is 0 Å². The molecule has 1 amide bonds. The van der Waals surface area contributed by atoms with Crippen LogP contribution in [0.15, 0.2) is 30.6 Å². The quantitative estimate of drug-likeness (QED) is 0.797. The lowest BCUT2D eigenvalue weighted by molar-refractivity contribution is -0.134. The van der Waals surface area contributed by atoms with Crippen molar-refractivity contribution in [1.29, 1.82) is 0 Å². The summed E-state index contributed by atoms with van der Waals surface area (Å²) in [6.45, 7) is 2.45. The lowest BCUT2D eigenvalue weighted by Crippen LogP contribution is -2.39. The first kappa shape index (κ1) is 15.2. The minimum Gasteiger partial charge on any atom is -0.341 e. The van der Waals surface area contributed by atoms with Crippen LogP contribution in [-0.4, -0.2) is 51.9 Å². The van der Waals surface area contributed by atoms with Gasteiger partial charge in [-0.25, -0.2) is 9.97 Å². The molecule has 3 rings (SSSR count). The predicted molar refractivity (Wildman–Crippen MR) is 85.0 cm³/mol. The Bertz CT molecular complexity index is 531. The molecule has 1 saturated heterocycles. The number of rotatable bonds is 4. The monoisotopic (exact) mass is 300 g/mol. The third kappa shape index (κ3) is 3.53. The first-order valence-electron chi connectivity index (χ1n) is 8.14. The van der Waals surface area contributed by atoms with Gasteiger partial charge in [0.15, 0.2) is 0 Å². The first-order valence-corrected chi connectivity index (χ1v) is 8.14. The molecule has 1 aliphatic carbocycles. The van der Waals surface area contributed by atoms with Gasteiger partial charge in [0.2, 0.25) is 5.91 Å². The molecule has 5 heteroatoms. The lowest BCUT2D eigenvalue weighted by atomic mass is 9.93. The van der Waals surface area contributed by atoms with Crippen molar-refractivity contribution in [2.45, 2.75) is 38.3 Å². The Labute approximate surface area is 132 Å². The van der Waals surface area contributed by atoms with Crippen molar-refractivity contribution in [3.05, 3.63) is 36.4 Å². The maximum absolute atomic E-state index is 12.6. The topological polar surface area (TPSA) is 49.3 Å². The van der Waals surface area contributed by atoms with E-state index in [0.717, 1.165) is 51.1 Å². The smallest absolute Gasteiger partial charge is 0.226 e. The van der Waals surface area contributed by atoms with Gasteiger partial charge in [-0.3, -0.25) is 9.69 Å². The van der Waals surface area contributed by atoms with Crippen LogP contribution in [0.1, 0.15) is 31.5 Å². The Morgan fingerprint density at radius 3 is 2.86 bits per heavy atom. The fourth-order valence-electron chi connectivity index (χ4n) is 3.34. The van der Waals surface area contributed by atoms with Crippen molar-refractivity contribution >= 4 is 5.91 Å². The molecule has 2 atom stereocenters. The molecule has 0 spiro atoms. The van der Waals surface area contributed by atoms with Gasteiger partial charge in [-0.1, -0.05) is 12.2 Å². The molecule has 5 nitrogen and oxygen atoms in total. The number of aromatic nitrogens is 2. The number of hydrogen-bond donors (Lipinski definition) is 0. The summed E-state index contributed by atoms with van der Waals surface area (Å²) >= 11 is 0. The van der Waals surface area contributed by atoms with E-state index in [1.807, 2.05) is 6.07 Å². The number of carbonyl (C=O) groups is 1. The summed E-state index contributed by atoms with van der Waals surface area (Å²) in [4.78, 5) is 25.4. The van der Waals surface area contributed by atoms with Gasteiger partial charge in [0.1, 0.15) is 5.82 Å². The minimum atomic E-state index is 0.200. The summed E-state index contributed by atoms with van der Waals surface area (Å²) < 4.78 is 0. The largest absolute Gasteiger partial charge is 0.341 e. The minimum absolute atomic E-state index is 0.200. The summed E-state index contributed by atoms with van der Waals surface area (Å²) in [5, 5.41) is 0. The van der Waals surface area contributed by atoms with Crippen LogP contribution in [0.25, 0.3) is 0 Å². The maximum atomic E-state index is 12.6. The van der Waals surface area contributed by atoms with E-state index in [2.05, 4.69) is 39.0 Å². The van der Waals surface area contributed by atoms with Crippen molar-refractivity contribution < 1.29 is 4.79 Å². The fourth-order valence-corrected chi connectivity index (χ4v) is 3.34. The number of carbonyl (C=O) groups excluding carboxylic acids is 1. The van der Waals surface area contributed by atoms with Crippen LogP contribution in [0.2, 0.25) is 0 Å². The van der Waals surface area contributed by atoms with Crippen molar-refractivity contribution in [2.75, 3.05) is 20.1 Å². The van der Waals surface area contributed by atoms with E-state index in [1.54, 1.807) is 12.4 Å². The number of likely N-dealkylation sites (tertiary alicyclic amines) is 1. The van der Waals surface area contributed by atoms with E-state index in [9.17, 15) is 4.79 Å². The van der Waals surface area contributed by atoms with E-state index < -0.39 is 0 Å². The molecule has 0 aromatic carbocycles. The third-order valence-electron chi connectivity index (χ3n) is 4.73. The van der Waals surface area contributed by atoms with E-state index in [1.165, 1.54) is 0 Å². The number of hydrogen-bond acceptors (Lipinski definition) is 4. The van der Waals surface area contributed by atoms with E-state index in [-0.39, 0.29) is 5.92 Å². The zero-order valence-electron chi connectivity index (χ0n) is 13.2. The number of nitrogens with zero attached hydrogens (tertiary/aromatic N) is 4. The van der Waals surface area contributed by atoms with Crippen molar-refractivity contribution in [3.8, 4) is 0 Å². The molecule has 0 radical (unpaired) electrons. The maximum Gasteiger partial charge on any atom is 0.226 e. The first-order chi connectivity index (χ1) is 10.7. The molecule has 2 aliphatic rings. The Balaban J connectivity index is 1.53. The summed E-state index contributed by atoms with van der Waals surface area (Å²) in [5.74, 6) is 1.38. The van der Waals surface area contributed by atoms with Crippen LogP contribution < -0.4 is 0 Å². The third-order valence-corrected chi connectivity index (χ3v) is 4.73. The zero-order valence-corrected chi connectivity index (χ0v) is 13.2. The Morgan fingerprint density at radius 1 is 1.32 bits per heavy atom. The molecule has 1 fully saturated rings. The molecule has 1 aliphatic heterocycles. The zero-order chi connectivity index (χ0) is 15.4. The normalized spacial score (nSPS) is 24.9. The summed E-state index contributed by atoms with van der Waals surface area (Å²) in [6, 6.07) is 2.24. The van der Waals surface area contributed by atoms with Crippen LogP contribution in [0.3, 0.4) is 0 Å². The molecular weight excluding hydrogens is 276 g/mol. The highest BCUT2D eigenvalue weighted by Gasteiger charge is 2.32. The highest BCUT2D eigenvalue weighted by atomic mass is 16.2. The van der Waals surface area contributed by atoms with Gasteiger partial charge in [-0.2, -0.15) is 0 Å². The molecular formula is C17H24N4O. The Morgan fingerprint density at radius 2 is 2.14 bits per heavy atom. The molecule has 2 heterocycles. The summed E-state index contributed by atoms with van der Waals surface area (Å²) in [6.07, 6.45) is 11.9. The van der Waals surface area contributed by atoms with Crippen LogP contribution in [0.5, 0.6) is 0 Å². The van der Waals surface area contributed by atoms with E-state index in [4.69, 9.17) is 0 Å². The molecule has 1 aromatic rings. The molecule has 22 heavy (non-hydrogen) atoms. The van der Waals surface area contributed by atoms with Gasteiger partial charge in [0, 0.05) is 37.4 Å². The number of allylic oxidation sites excluding steroid dienone is 2. The Kier molecular flexibility index (Phi) is 4.83. The van der Waals surface area contributed by atoms with Gasteiger partial charge in [-0.05, 0) is 38.8 Å². The van der Waals surface area contributed by atoms with E-state index in [0.29, 0.717) is 11.9 Å². The van der Waals surface area contributed by atoms with Crippen molar-refractivity contribution in [2.24, 2.45) is 5.92 Å². The van der Waals surface area contributed by atoms with Gasteiger partial charge < -0.3 is 4.90 Å². The average Bonchev–Trinajstić information content (AvgIpc) is 3.06. The second kappa shape index (κ2) is 7.01. The standard InChI is InChI=1S/C17H24N4O/c1-20(13-16-18-9-5-10-19-16)15-8-11-21(12-15)17(22)14-6-3-2-4-7-14/h2-3,5,9-10,14-15H,4,6-8,11-13H2,1H3/t14-,15-/m1/s1. The predicted octanol–water partition coefficient (Wildman–Crippen LogP) is 1.87. The molecule has 118 valence electrons. The molecule has 0 bridgehead atoms. The molecule has 1 aromatic heterocycles. The average molecular weight is 300 g/mol. The Hall–Kier alpha value is -1.75. The van der Waals surface area contributed by atoms with E-state index >= 15 is 0 Å². The SMILES string of the molecule is CN(Cc1ncccn1)[C@@H]1CCN(C(=O)[C@@H]2CC=CCC2)C1. The van der Waals surface area contributed by atoms with Crippen LogP contribution in [0, 0.1) is 5.92 Å². The number of likely N-dealkylation sites (N-methyl/N-ethyl adjacent to an activating group) is 1. The lowest BCUT2D eigenvalue weighted by Gasteiger charge is -2.26. The fraction of sp³-hybridized carbons (Fsp3) is 0.588. The highest BCUT2D eigenvalue weighted by molar-refractivity contribution is 5.79. The second-order valence-corrected chi connectivity index (χ2v) is 6.29. The molecule has 0 N–H and O–H groups in total. The summed E-state index contributed by atoms with van der Waals surface area (Å²) in [7, 11) is 2.10. The summed E-state index contributed by atoms with van der Waals surface area (Å²) in [5.41, 5.74) is 0. The second-order valence-electron chi connectivity index (χ2n) is 6.29. The number of amides is 1. The van der Waals surface area contributed by atoms with Gasteiger partial charge in [0.25, 0.3) is 0 Å². The molecule has 0 unspecified atom stereocenters. The van der Waals surface area contributed by atoms with Crippen LogP contribution >= 0.6 is 0 Å². The van der Waals surface area contributed by atoms with Crippen molar-refractivity contribution in [1.82, 2.24) is 19.8 Å². The van der Waals surface area contributed by atoms with Crippen LogP contribution in [-0.2, 0) is 11.3 Å². The van der Waals surface area contributed by atoms with Crippen LogP contribution in [0.4, 0.5) is 0 Å². The van der Waals surface area contributed by atoms with Gasteiger partial charge >= 0.3 is 0 Å². The van der Waals surface area contributed by atoms with Crippen molar-refractivity contribution in [3.63, 3.8) is 0 Å².